The van der Waals surface area contributed by atoms with Crippen LogP contribution in [0.15, 0.2) is 69.7 Å². The van der Waals surface area contributed by atoms with Crippen molar-refractivity contribution in [2.75, 3.05) is 0 Å². The van der Waals surface area contributed by atoms with Crippen LogP contribution in [0.4, 0.5) is 5.69 Å². The highest BCUT2D eigenvalue weighted by Gasteiger charge is 2.15. The van der Waals surface area contributed by atoms with Crippen LogP contribution in [-0.2, 0) is 12.6 Å². The van der Waals surface area contributed by atoms with Crippen molar-refractivity contribution in [2.45, 2.75) is 6.92 Å². The van der Waals surface area contributed by atoms with Crippen molar-refractivity contribution in [1.29, 1.82) is 0 Å². The van der Waals surface area contributed by atoms with Crippen molar-refractivity contribution in [3.8, 4) is 5.82 Å². The Morgan fingerprint density at radius 3 is 2.84 bits per heavy atom. The third-order valence-corrected chi connectivity index (χ3v) is 4.18. The first-order valence-electron chi connectivity index (χ1n) is 7.43. The Labute approximate surface area is 154 Å². The summed E-state index contributed by atoms with van der Waals surface area (Å²) in [7, 11) is 0. The number of pyridine rings is 1. The third-order valence-electron chi connectivity index (χ3n) is 3.19. The molecule has 0 fully saturated rings. The Balaban J connectivity index is 1.78. The van der Waals surface area contributed by atoms with Crippen molar-refractivity contribution < 1.29 is 4.57 Å². The van der Waals surface area contributed by atoms with E-state index in [1.54, 1.807) is 6.21 Å². The van der Waals surface area contributed by atoms with Crippen molar-refractivity contribution in [2.24, 2.45) is 10.1 Å². The highest BCUT2D eigenvalue weighted by atomic mass is 32.1. The van der Waals surface area contributed by atoms with Gasteiger partial charge in [-0.15, -0.1) is 0 Å². The van der Waals surface area contributed by atoms with Gasteiger partial charge in [-0.3, -0.25) is 10.4 Å². The molecule has 0 aliphatic rings. The normalized spacial score (nSPS) is 11.8. The largest absolute Gasteiger partial charge is 0.741 e. The van der Waals surface area contributed by atoms with Gasteiger partial charge in [0.15, 0.2) is 0 Å². The van der Waals surface area contributed by atoms with Gasteiger partial charge >= 0.3 is 10.7 Å². The minimum absolute atomic E-state index is 0.151. The standard InChI is InChI=1S/C17H15N5OS2/c1-12-6-5-9-22(11-12)15-14(25-17(23)20-15)10-18-21-16(24)19-13-7-3-2-4-8-13/h2-11H,1H3,(H2-,18,19,20,21,23,24). The number of hydrogen-bond acceptors (Lipinski definition) is 5. The minimum atomic E-state index is -0.151. The van der Waals surface area contributed by atoms with Crippen LogP contribution in [0.5, 0.6) is 0 Å². The molecule has 0 unspecified atom stereocenters. The van der Waals surface area contributed by atoms with Crippen LogP contribution in [0.1, 0.15) is 10.4 Å². The van der Waals surface area contributed by atoms with Gasteiger partial charge in [0.25, 0.3) is 0 Å². The van der Waals surface area contributed by atoms with E-state index in [2.05, 4.69) is 20.5 Å². The number of aromatic amines is 1. The fraction of sp³-hybridized carbons (Fsp3) is 0.0588. The minimum Gasteiger partial charge on any atom is -0.741 e. The average molecular weight is 369 g/mol. The molecule has 0 bridgehead atoms. The van der Waals surface area contributed by atoms with Crippen LogP contribution >= 0.6 is 11.3 Å². The zero-order valence-electron chi connectivity index (χ0n) is 13.3. The first kappa shape index (κ1) is 17.0. The van der Waals surface area contributed by atoms with E-state index in [4.69, 9.17) is 12.6 Å². The van der Waals surface area contributed by atoms with E-state index in [0.29, 0.717) is 10.7 Å². The second kappa shape index (κ2) is 7.82. The number of aryl methyl sites for hydroxylation is 1. The number of hydrazone groups is 1. The summed E-state index contributed by atoms with van der Waals surface area (Å²) in [5.41, 5.74) is 4.52. The van der Waals surface area contributed by atoms with Gasteiger partial charge in [-0.2, -0.15) is 10.1 Å². The number of thiazole rings is 1. The van der Waals surface area contributed by atoms with Gasteiger partial charge in [0.2, 0.25) is 0 Å². The highest BCUT2D eigenvalue weighted by Crippen LogP contribution is 2.09. The van der Waals surface area contributed by atoms with E-state index in [0.717, 1.165) is 22.6 Å². The lowest BCUT2D eigenvalue weighted by Crippen LogP contribution is -2.32. The number of nitrogens with one attached hydrogen (secondary N) is 2. The van der Waals surface area contributed by atoms with E-state index < -0.39 is 0 Å². The van der Waals surface area contributed by atoms with Crippen LogP contribution in [0.25, 0.3) is 5.82 Å². The number of rotatable bonds is 4. The molecule has 2 N–H and O–H groups in total. The lowest BCUT2D eigenvalue weighted by atomic mass is 10.3. The summed E-state index contributed by atoms with van der Waals surface area (Å²) in [6.45, 7) is 1.99. The second-order valence-corrected chi connectivity index (χ2v) is 6.54. The molecule has 3 rings (SSSR count). The fourth-order valence-corrected chi connectivity index (χ4v) is 3.00. The first-order valence-corrected chi connectivity index (χ1v) is 8.65. The maximum Gasteiger partial charge on any atom is 0.390 e. The van der Waals surface area contributed by atoms with Crippen molar-refractivity contribution in [1.82, 2.24) is 10.4 Å². The number of hydrogen-bond donors (Lipinski definition) is 2. The monoisotopic (exact) mass is 369 g/mol. The van der Waals surface area contributed by atoms with Gasteiger partial charge in [-0.25, -0.2) is 9.36 Å². The SMILES string of the molecule is Cc1ccc[n+](-c2[nH]c(=O)sc2/C=N/NC([S-])=Nc2ccccc2)c1. The number of H-pyrrole nitrogens is 1. The second-order valence-electron chi connectivity index (χ2n) is 5.14. The summed E-state index contributed by atoms with van der Waals surface area (Å²) in [4.78, 5) is 19.3. The molecule has 0 saturated heterocycles. The van der Waals surface area contributed by atoms with Gasteiger partial charge in [0.05, 0.1) is 24.3 Å². The summed E-state index contributed by atoms with van der Waals surface area (Å²) in [6.07, 6.45) is 5.35. The molecule has 0 spiro atoms. The summed E-state index contributed by atoms with van der Waals surface area (Å²) < 4.78 is 1.85. The molecule has 6 nitrogen and oxygen atoms in total. The molecule has 0 radical (unpaired) electrons. The summed E-state index contributed by atoms with van der Waals surface area (Å²) in [5.74, 6) is 0.662. The summed E-state index contributed by atoms with van der Waals surface area (Å²) in [5, 5.41) is 4.33. The molecule has 2 aromatic heterocycles. The lowest BCUT2D eigenvalue weighted by Gasteiger charge is -2.08. The van der Waals surface area contributed by atoms with Gasteiger partial charge in [0, 0.05) is 5.17 Å². The Bertz CT molecular complexity index is 976. The zero-order chi connectivity index (χ0) is 17.6. The number of aromatic nitrogens is 2. The molecule has 0 aliphatic heterocycles. The summed E-state index contributed by atoms with van der Waals surface area (Å²) in [6, 6.07) is 13.3. The number of para-hydroxylation sites is 1. The maximum atomic E-state index is 11.7. The molecular weight excluding hydrogens is 354 g/mol. The van der Waals surface area contributed by atoms with Gasteiger partial charge in [-0.05, 0) is 42.0 Å². The third kappa shape index (κ3) is 4.59. The molecule has 0 aliphatic carbocycles. The van der Waals surface area contributed by atoms with Gasteiger partial charge in [0.1, 0.15) is 4.88 Å². The molecule has 25 heavy (non-hydrogen) atoms. The maximum absolute atomic E-state index is 11.7. The Morgan fingerprint density at radius 1 is 1.28 bits per heavy atom. The predicted octanol–water partition coefficient (Wildman–Crippen LogP) is 2.18. The lowest BCUT2D eigenvalue weighted by molar-refractivity contribution is -0.599. The first-order chi connectivity index (χ1) is 12.1. The molecule has 8 heteroatoms. The van der Waals surface area contributed by atoms with E-state index >= 15 is 0 Å². The molecule has 1 aromatic carbocycles. The molecule has 2 heterocycles. The zero-order valence-corrected chi connectivity index (χ0v) is 15.0. The fourth-order valence-electron chi connectivity index (χ4n) is 2.13. The smallest absolute Gasteiger partial charge is 0.390 e. The van der Waals surface area contributed by atoms with Crippen molar-refractivity contribution >= 4 is 41.0 Å². The Hall–Kier alpha value is -2.84. The predicted molar refractivity (Wildman–Crippen MR) is 103 cm³/mol. The molecule has 126 valence electrons. The molecule has 0 saturated carbocycles. The van der Waals surface area contributed by atoms with Crippen LogP contribution < -0.4 is 14.9 Å². The highest BCUT2D eigenvalue weighted by molar-refractivity contribution is 7.77. The number of nitrogens with zero attached hydrogens (tertiary/aromatic N) is 3. The van der Waals surface area contributed by atoms with Crippen LogP contribution in [0.3, 0.4) is 0 Å². The average Bonchev–Trinajstić information content (AvgIpc) is 2.96. The molecular formula is C17H15N5OS2. The van der Waals surface area contributed by atoms with E-state index in [1.807, 2.05) is 66.3 Å². The number of benzene rings is 1. The van der Waals surface area contributed by atoms with Crippen molar-refractivity contribution in [3.63, 3.8) is 0 Å². The Morgan fingerprint density at radius 2 is 2.08 bits per heavy atom. The quantitative estimate of drug-likeness (QED) is 0.243. The molecule has 0 atom stereocenters. The van der Waals surface area contributed by atoms with Crippen LogP contribution in [0, 0.1) is 6.92 Å². The molecule has 0 amide bonds. The van der Waals surface area contributed by atoms with Crippen LogP contribution in [0.2, 0.25) is 0 Å². The van der Waals surface area contributed by atoms with E-state index in [-0.39, 0.29) is 10.0 Å². The van der Waals surface area contributed by atoms with Gasteiger partial charge in [-0.1, -0.05) is 24.3 Å². The Kier molecular flexibility index (Phi) is 5.32. The molecule has 3 aromatic rings. The van der Waals surface area contributed by atoms with Gasteiger partial charge < -0.3 is 12.6 Å². The van der Waals surface area contributed by atoms with Crippen molar-refractivity contribution in [3.05, 3.63) is 75.0 Å². The van der Waals surface area contributed by atoms with Crippen LogP contribution in [-0.4, -0.2) is 16.4 Å². The van der Waals surface area contributed by atoms with E-state index in [9.17, 15) is 4.79 Å². The number of aliphatic imine (C=N–C) groups is 1. The number of amidine groups is 1. The van der Waals surface area contributed by atoms with E-state index in [1.165, 1.54) is 0 Å². The summed E-state index contributed by atoms with van der Waals surface area (Å²) >= 11 is 6.21. The topological polar surface area (TPSA) is 73.5 Å².